The van der Waals surface area contributed by atoms with Crippen LogP contribution < -0.4 is 5.76 Å². The van der Waals surface area contributed by atoms with Gasteiger partial charge in [-0.25, -0.2) is 9.78 Å². The summed E-state index contributed by atoms with van der Waals surface area (Å²) in [4.78, 5) is 17.9. The van der Waals surface area contributed by atoms with Gasteiger partial charge in [0, 0.05) is 10.9 Å². The molecule has 0 aliphatic rings. The van der Waals surface area contributed by atoms with Gasteiger partial charge in [0.25, 0.3) is 0 Å². The van der Waals surface area contributed by atoms with Crippen molar-refractivity contribution in [2.45, 2.75) is 6.18 Å². The molecule has 4 aromatic rings. The molecule has 0 fully saturated rings. The monoisotopic (exact) mass is 347 g/mol. The predicted octanol–water partition coefficient (Wildman–Crippen LogP) is 3.86. The summed E-state index contributed by atoms with van der Waals surface area (Å²) >= 11 is 0. The van der Waals surface area contributed by atoms with Crippen LogP contribution >= 0.6 is 0 Å². The highest BCUT2D eigenvalue weighted by Crippen LogP contribution is 2.34. The lowest BCUT2D eigenvalue weighted by atomic mass is 10.1. The molecule has 0 saturated carbocycles. The molecular weight excluding hydrogens is 339 g/mol. The van der Waals surface area contributed by atoms with Crippen molar-refractivity contribution in [3.05, 3.63) is 58.8 Å². The van der Waals surface area contributed by atoms with Crippen LogP contribution in [0.15, 0.2) is 56.4 Å². The Hall–Kier alpha value is -3.36. The van der Waals surface area contributed by atoms with Crippen molar-refractivity contribution in [2.24, 2.45) is 0 Å². The van der Waals surface area contributed by atoms with E-state index in [9.17, 15) is 18.0 Å². The number of aromatic nitrogens is 3. The van der Waals surface area contributed by atoms with E-state index in [0.717, 1.165) is 12.1 Å². The van der Waals surface area contributed by atoms with E-state index >= 15 is 0 Å². The largest absolute Gasteiger partial charge is 0.462 e. The number of fused-ring (bicyclic) bond motifs is 1. The molecule has 3 aromatic heterocycles. The normalized spacial score (nSPS) is 12.0. The van der Waals surface area contributed by atoms with E-state index in [1.165, 1.54) is 18.4 Å². The number of halogens is 3. The van der Waals surface area contributed by atoms with E-state index in [2.05, 4.69) is 19.6 Å². The van der Waals surface area contributed by atoms with Crippen molar-refractivity contribution < 1.29 is 22.1 Å². The standard InChI is InChI=1S/C16H8F3N3O3/c17-16(18,19)10-3-1-8(2-4-10)12-13-9(5-6-24-13)7-11(20-12)14-21-15(23)25-22-14/h1-7H,(H,21,22,23). The fourth-order valence-corrected chi connectivity index (χ4v) is 2.45. The van der Waals surface area contributed by atoms with Crippen LogP contribution in [0.25, 0.3) is 33.7 Å². The molecule has 6 nitrogen and oxygen atoms in total. The fraction of sp³-hybridized carbons (Fsp3) is 0.0625. The molecule has 0 saturated heterocycles. The van der Waals surface area contributed by atoms with Crippen LogP contribution in [0.4, 0.5) is 13.2 Å². The van der Waals surface area contributed by atoms with Gasteiger partial charge in [-0.3, -0.25) is 9.51 Å². The summed E-state index contributed by atoms with van der Waals surface area (Å²) in [6.07, 6.45) is -2.98. The Balaban J connectivity index is 1.88. The van der Waals surface area contributed by atoms with Crippen molar-refractivity contribution in [1.82, 2.24) is 15.1 Å². The second-order valence-corrected chi connectivity index (χ2v) is 5.21. The summed E-state index contributed by atoms with van der Waals surface area (Å²) in [7, 11) is 0. The zero-order valence-corrected chi connectivity index (χ0v) is 12.3. The number of nitrogens with one attached hydrogen (secondary N) is 1. The van der Waals surface area contributed by atoms with E-state index in [1.54, 1.807) is 12.1 Å². The summed E-state index contributed by atoms with van der Waals surface area (Å²) in [5, 5.41) is 4.23. The molecule has 0 spiro atoms. The van der Waals surface area contributed by atoms with Gasteiger partial charge in [0.05, 0.1) is 11.8 Å². The number of H-pyrrole nitrogens is 1. The lowest BCUT2D eigenvalue weighted by molar-refractivity contribution is -0.137. The van der Waals surface area contributed by atoms with Gasteiger partial charge in [0.15, 0.2) is 5.58 Å². The highest BCUT2D eigenvalue weighted by molar-refractivity contribution is 5.92. The number of alkyl halides is 3. The lowest BCUT2D eigenvalue weighted by Gasteiger charge is -2.08. The topological polar surface area (TPSA) is 84.9 Å². The molecule has 4 rings (SSSR count). The average Bonchev–Trinajstić information content (AvgIpc) is 3.21. The Kier molecular flexibility index (Phi) is 3.24. The third-order valence-electron chi connectivity index (χ3n) is 3.60. The van der Waals surface area contributed by atoms with E-state index in [4.69, 9.17) is 4.42 Å². The van der Waals surface area contributed by atoms with Crippen LogP contribution in [0.5, 0.6) is 0 Å². The minimum atomic E-state index is -4.42. The Bertz CT molecular complexity index is 1110. The molecule has 9 heteroatoms. The number of pyridine rings is 1. The van der Waals surface area contributed by atoms with Crippen LogP contribution in [-0.2, 0) is 6.18 Å². The van der Waals surface area contributed by atoms with Gasteiger partial charge in [0.1, 0.15) is 11.4 Å². The Morgan fingerprint density at radius 2 is 1.84 bits per heavy atom. The lowest BCUT2D eigenvalue weighted by Crippen LogP contribution is -2.04. The number of benzene rings is 1. The Morgan fingerprint density at radius 3 is 2.48 bits per heavy atom. The minimum Gasteiger partial charge on any atom is -0.462 e. The second kappa shape index (κ2) is 5.33. The molecule has 126 valence electrons. The molecular formula is C16H8F3N3O3. The van der Waals surface area contributed by atoms with Crippen molar-refractivity contribution >= 4 is 11.0 Å². The summed E-state index contributed by atoms with van der Waals surface area (Å²) in [6.45, 7) is 0. The SMILES string of the molecule is O=c1[nH]c(-c2cc3ccoc3c(-c3ccc(C(F)(F)F)cc3)n2)no1. The first-order valence-corrected chi connectivity index (χ1v) is 7.04. The highest BCUT2D eigenvalue weighted by Gasteiger charge is 2.30. The Morgan fingerprint density at radius 1 is 1.08 bits per heavy atom. The van der Waals surface area contributed by atoms with Crippen LogP contribution in [0, 0.1) is 0 Å². The highest BCUT2D eigenvalue weighted by atomic mass is 19.4. The van der Waals surface area contributed by atoms with Gasteiger partial charge in [0.2, 0.25) is 5.82 Å². The molecule has 0 aliphatic carbocycles. The van der Waals surface area contributed by atoms with Crippen LogP contribution in [0.3, 0.4) is 0 Å². The quantitative estimate of drug-likeness (QED) is 0.595. The summed E-state index contributed by atoms with van der Waals surface area (Å²) in [6, 6.07) is 7.85. The van der Waals surface area contributed by atoms with Gasteiger partial charge < -0.3 is 4.42 Å². The van der Waals surface area contributed by atoms with Gasteiger partial charge in [-0.1, -0.05) is 17.3 Å². The molecule has 0 bridgehead atoms. The zero-order valence-electron chi connectivity index (χ0n) is 12.3. The van der Waals surface area contributed by atoms with Gasteiger partial charge >= 0.3 is 11.9 Å². The van der Waals surface area contributed by atoms with E-state index < -0.39 is 17.5 Å². The summed E-state index contributed by atoms with van der Waals surface area (Å²) in [5.74, 6) is -0.624. The van der Waals surface area contributed by atoms with Crippen molar-refractivity contribution in [3.8, 4) is 22.8 Å². The molecule has 1 aromatic carbocycles. The summed E-state index contributed by atoms with van der Waals surface area (Å²) < 4.78 is 48.0. The summed E-state index contributed by atoms with van der Waals surface area (Å²) in [5.41, 5.74) is 0.712. The first kappa shape index (κ1) is 15.2. The van der Waals surface area contributed by atoms with Crippen LogP contribution in [0.2, 0.25) is 0 Å². The first-order chi connectivity index (χ1) is 11.9. The molecule has 0 amide bonds. The average molecular weight is 347 g/mol. The molecule has 1 N–H and O–H groups in total. The third kappa shape index (κ3) is 2.69. The number of furan rings is 1. The molecule has 3 heterocycles. The maximum absolute atomic E-state index is 12.7. The van der Waals surface area contributed by atoms with Crippen LogP contribution in [-0.4, -0.2) is 15.1 Å². The molecule has 25 heavy (non-hydrogen) atoms. The van der Waals surface area contributed by atoms with Crippen molar-refractivity contribution in [3.63, 3.8) is 0 Å². The first-order valence-electron chi connectivity index (χ1n) is 7.04. The van der Waals surface area contributed by atoms with E-state index in [-0.39, 0.29) is 5.82 Å². The maximum Gasteiger partial charge on any atom is 0.439 e. The fourth-order valence-electron chi connectivity index (χ4n) is 2.45. The smallest absolute Gasteiger partial charge is 0.439 e. The van der Waals surface area contributed by atoms with Crippen LogP contribution in [0.1, 0.15) is 5.56 Å². The number of hydrogen-bond acceptors (Lipinski definition) is 5. The van der Waals surface area contributed by atoms with Crippen molar-refractivity contribution in [1.29, 1.82) is 0 Å². The number of hydrogen-bond donors (Lipinski definition) is 1. The molecule has 0 radical (unpaired) electrons. The number of aromatic amines is 1. The van der Waals surface area contributed by atoms with Crippen molar-refractivity contribution in [2.75, 3.05) is 0 Å². The number of rotatable bonds is 2. The zero-order chi connectivity index (χ0) is 17.6. The van der Waals surface area contributed by atoms with E-state index in [1.807, 2.05) is 0 Å². The van der Waals surface area contributed by atoms with E-state index in [0.29, 0.717) is 27.9 Å². The third-order valence-corrected chi connectivity index (χ3v) is 3.60. The van der Waals surface area contributed by atoms with Gasteiger partial charge in [-0.2, -0.15) is 13.2 Å². The predicted molar refractivity (Wildman–Crippen MR) is 80.6 cm³/mol. The molecule has 0 aliphatic heterocycles. The molecule has 0 atom stereocenters. The van der Waals surface area contributed by atoms with Gasteiger partial charge in [-0.05, 0) is 24.3 Å². The second-order valence-electron chi connectivity index (χ2n) is 5.21. The van der Waals surface area contributed by atoms with Gasteiger partial charge in [-0.15, -0.1) is 0 Å². The number of nitrogens with zero attached hydrogens (tertiary/aromatic N) is 2. The Labute approximate surface area is 136 Å². The molecule has 0 unspecified atom stereocenters. The minimum absolute atomic E-state index is 0.112. The maximum atomic E-state index is 12.7.